The van der Waals surface area contributed by atoms with Gasteiger partial charge in [-0.2, -0.15) is 0 Å². The standard InChI is InChI=1S/C14H21N3O2/c18-14(19)12-8-4-7-11(12)13-16-15-9-17(13)10-5-2-1-3-6-10/h9-12H,1-8H2,(H,18,19). The second kappa shape index (κ2) is 5.31. The Labute approximate surface area is 113 Å². The molecule has 1 N–H and O–H groups in total. The maximum atomic E-state index is 11.3. The van der Waals surface area contributed by atoms with Gasteiger partial charge < -0.3 is 9.67 Å². The molecule has 3 rings (SSSR count). The van der Waals surface area contributed by atoms with Crippen LogP contribution < -0.4 is 0 Å². The molecule has 19 heavy (non-hydrogen) atoms. The van der Waals surface area contributed by atoms with Gasteiger partial charge in [0.2, 0.25) is 0 Å². The molecular formula is C14H21N3O2. The van der Waals surface area contributed by atoms with Crippen LogP contribution in [0, 0.1) is 5.92 Å². The van der Waals surface area contributed by atoms with Crippen molar-refractivity contribution in [1.82, 2.24) is 14.8 Å². The van der Waals surface area contributed by atoms with E-state index in [2.05, 4.69) is 14.8 Å². The van der Waals surface area contributed by atoms with Crippen molar-refractivity contribution < 1.29 is 9.90 Å². The van der Waals surface area contributed by atoms with Crippen LogP contribution in [0.1, 0.15) is 69.2 Å². The molecule has 1 heterocycles. The molecular weight excluding hydrogens is 242 g/mol. The molecule has 0 saturated heterocycles. The first kappa shape index (κ1) is 12.6. The van der Waals surface area contributed by atoms with Crippen molar-refractivity contribution in [3.8, 4) is 0 Å². The van der Waals surface area contributed by atoms with Crippen LogP contribution in [-0.2, 0) is 4.79 Å². The van der Waals surface area contributed by atoms with Crippen molar-refractivity contribution in [2.24, 2.45) is 5.92 Å². The Kier molecular flexibility index (Phi) is 3.53. The van der Waals surface area contributed by atoms with E-state index in [9.17, 15) is 9.90 Å². The van der Waals surface area contributed by atoms with Gasteiger partial charge in [-0.1, -0.05) is 25.7 Å². The largest absolute Gasteiger partial charge is 0.481 e. The maximum absolute atomic E-state index is 11.3. The van der Waals surface area contributed by atoms with E-state index in [1.54, 1.807) is 0 Å². The smallest absolute Gasteiger partial charge is 0.307 e. The minimum atomic E-state index is -0.680. The lowest BCUT2D eigenvalue weighted by Crippen LogP contribution is -2.22. The Morgan fingerprint density at radius 2 is 1.95 bits per heavy atom. The van der Waals surface area contributed by atoms with Crippen LogP contribution in [0.15, 0.2) is 6.33 Å². The van der Waals surface area contributed by atoms with E-state index < -0.39 is 5.97 Å². The fourth-order valence-electron chi connectivity index (χ4n) is 3.72. The highest BCUT2D eigenvalue weighted by molar-refractivity contribution is 5.71. The Morgan fingerprint density at radius 3 is 2.68 bits per heavy atom. The molecule has 2 fully saturated rings. The van der Waals surface area contributed by atoms with Crippen LogP contribution in [-0.4, -0.2) is 25.8 Å². The summed E-state index contributed by atoms with van der Waals surface area (Å²) >= 11 is 0. The fourth-order valence-corrected chi connectivity index (χ4v) is 3.72. The molecule has 2 aliphatic carbocycles. The van der Waals surface area contributed by atoms with Gasteiger partial charge in [-0.15, -0.1) is 10.2 Å². The van der Waals surface area contributed by atoms with Crippen molar-refractivity contribution in [2.75, 3.05) is 0 Å². The predicted octanol–water partition coefficient (Wildman–Crippen LogP) is 2.75. The summed E-state index contributed by atoms with van der Waals surface area (Å²) < 4.78 is 2.17. The molecule has 2 unspecified atom stereocenters. The van der Waals surface area contributed by atoms with Crippen LogP contribution in [0.3, 0.4) is 0 Å². The second-order valence-corrected chi connectivity index (χ2v) is 5.87. The van der Waals surface area contributed by atoms with Gasteiger partial charge in [0.05, 0.1) is 5.92 Å². The highest BCUT2D eigenvalue weighted by Crippen LogP contribution is 2.40. The molecule has 0 amide bonds. The highest BCUT2D eigenvalue weighted by Gasteiger charge is 2.37. The summed E-state index contributed by atoms with van der Waals surface area (Å²) in [6, 6.07) is 0.480. The minimum absolute atomic E-state index is 0.0573. The highest BCUT2D eigenvalue weighted by atomic mass is 16.4. The van der Waals surface area contributed by atoms with Crippen molar-refractivity contribution in [3.05, 3.63) is 12.2 Å². The van der Waals surface area contributed by atoms with Crippen molar-refractivity contribution in [2.45, 2.75) is 63.3 Å². The van der Waals surface area contributed by atoms with E-state index in [4.69, 9.17) is 0 Å². The zero-order valence-electron chi connectivity index (χ0n) is 11.2. The summed E-state index contributed by atoms with van der Waals surface area (Å²) in [5, 5.41) is 17.6. The Balaban J connectivity index is 1.84. The molecule has 0 aromatic carbocycles. The molecule has 2 saturated carbocycles. The van der Waals surface area contributed by atoms with E-state index in [0.717, 1.165) is 25.1 Å². The number of hydrogen-bond donors (Lipinski definition) is 1. The maximum Gasteiger partial charge on any atom is 0.307 e. The Hall–Kier alpha value is -1.39. The molecule has 1 aromatic heterocycles. The Morgan fingerprint density at radius 1 is 1.16 bits per heavy atom. The summed E-state index contributed by atoms with van der Waals surface area (Å²) in [7, 11) is 0. The quantitative estimate of drug-likeness (QED) is 0.910. The number of aliphatic carboxylic acids is 1. The number of carboxylic acids is 1. The summed E-state index contributed by atoms with van der Waals surface area (Å²) in [5.41, 5.74) is 0. The number of aromatic nitrogens is 3. The van der Waals surface area contributed by atoms with E-state index >= 15 is 0 Å². The zero-order chi connectivity index (χ0) is 13.2. The van der Waals surface area contributed by atoms with Crippen molar-refractivity contribution >= 4 is 5.97 Å². The summed E-state index contributed by atoms with van der Waals surface area (Å²) in [5.74, 6) is 0.0194. The molecule has 0 aliphatic heterocycles. The fraction of sp³-hybridized carbons (Fsp3) is 0.786. The molecule has 0 radical (unpaired) electrons. The van der Waals surface area contributed by atoms with Crippen LogP contribution >= 0.6 is 0 Å². The van der Waals surface area contributed by atoms with Gasteiger partial charge in [-0.25, -0.2) is 0 Å². The first-order valence-electron chi connectivity index (χ1n) is 7.39. The molecule has 0 spiro atoms. The monoisotopic (exact) mass is 263 g/mol. The molecule has 104 valence electrons. The number of nitrogens with zero attached hydrogens (tertiary/aromatic N) is 3. The van der Waals surface area contributed by atoms with E-state index in [0.29, 0.717) is 6.04 Å². The lowest BCUT2D eigenvalue weighted by molar-refractivity contribution is -0.142. The third-order valence-electron chi connectivity index (χ3n) is 4.73. The Bertz CT molecular complexity index is 451. The first-order chi connectivity index (χ1) is 9.27. The van der Waals surface area contributed by atoms with Crippen LogP contribution in [0.5, 0.6) is 0 Å². The van der Waals surface area contributed by atoms with Gasteiger partial charge in [0.1, 0.15) is 12.2 Å². The van der Waals surface area contributed by atoms with Gasteiger partial charge in [-0.05, 0) is 25.7 Å². The van der Waals surface area contributed by atoms with Gasteiger partial charge in [0.15, 0.2) is 0 Å². The number of hydrogen-bond acceptors (Lipinski definition) is 3. The number of carboxylic acid groups (broad SMARTS) is 1. The molecule has 0 bridgehead atoms. The van der Waals surface area contributed by atoms with Crippen LogP contribution in [0.2, 0.25) is 0 Å². The number of carbonyl (C=O) groups is 1. The van der Waals surface area contributed by atoms with Crippen molar-refractivity contribution in [3.63, 3.8) is 0 Å². The molecule has 1 aromatic rings. The lowest BCUT2D eigenvalue weighted by Gasteiger charge is -2.26. The van der Waals surface area contributed by atoms with Gasteiger partial charge in [0, 0.05) is 12.0 Å². The lowest BCUT2D eigenvalue weighted by atomic mass is 9.92. The summed E-state index contributed by atoms with van der Waals surface area (Å²) in [6.45, 7) is 0. The van der Waals surface area contributed by atoms with Crippen LogP contribution in [0.25, 0.3) is 0 Å². The van der Waals surface area contributed by atoms with Crippen LogP contribution in [0.4, 0.5) is 0 Å². The molecule has 2 aliphatic rings. The molecule has 2 atom stereocenters. The molecule has 5 heteroatoms. The van der Waals surface area contributed by atoms with Crippen molar-refractivity contribution in [1.29, 1.82) is 0 Å². The van der Waals surface area contributed by atoms with Gasteiger partial charge in [0.25, 0.3) is 0 Å². The normalized spacial score (nSPS) is 28.6. The zero-order valence-corrected chi connectivity index (χ0v) is 11.2. The summed E-state index contributed by atoms with van der Waals surface area (Å²) in [4.78, 5) is 11.3. The topological polar surface area (TPSA) is 68.0 Å². The van der Waals surface area contributed by atoms with Gasteiger partial charge >= 0.3 is 5.97 Å². The predicted molar refractivity (Wildman–Crippen MR) is 69.9 cm³/mol. The van der Waals surface area contributed by atoms with Gasteiger partial charge in [-0.3, -0.25) is 4.79 Å². The van der Waals surface area contributed by atoms with E-state index in [1.807, 2.05) is 6.33 Å². The average molecular weight is 263 g/mol. The SMILES string of the molecule is O=C(O)C1CCCC1c1nncn1C1CCCCC1. The molecule has 5 nitrogen and oxygen atoms in total. The third kappa shape index (κ3) is 2.38. The summed E-state index contributed by atoms with van der Waals surface area (Å²) in [6.07, 6.45) is 10.7. The average Bonchev–Trinajstić information content (AvgIpc) is 3.08. The third-order valence-corrected chi connectivity index (χ3v) is 4.73. The second-order valence-electron chi connectivity index (χ2n) is 5.87. The van der Waals surface area contributed by atoms with E-state index in [1.165, 1.54) is 32.1 Å². The first-order valence-corrected chi connectivity index (χ1v) is 7.39. The van der Waals surface area contributed by atoms with E-state index in [-0.39, 0.29) is 11.8 Å². The minimum Gasteiger partial charge on any atom is -0.481 e. The number of rotatable bonds is 3.